The number of anilines is 1. The van der Waals surface area contributed by atoms with E-state index >= 15 is 0 Å². The summed E-state index contributed by atoms with van der Waals surface area (Å²) in [6.07, 6.45) is 1.04. The lowest BCUT2D eigenvalue weighted by atomic mass is 10.1. The second-order valence-corrected chi connectivity index (χ2v) is 5.61. The standard InChI is InChI=1S/C12H15BrN2OS/c13-10-5-9(12(14)17)1-2-11(10)15-4-3-8(6-15)7-16/h1-2,5,8,16H,3-4,6-7H2,(H2,14,17). The summed E-state index contributed by atoms with van der Waals surface area (Å²) in [6, 6.07) is 5.91. The third-order valence-electron chi connectivity index (χ3n) is 3.12. The van der Waals surface area contributed by atoms with E-state index in [1.54, 1.807) is 0 Å². The molecule has 1 aliphatic heterocycles. The topological polar surface area (TPSA) is 49.5 Å². The van der Waals surface area contributed by atoms with Crippen LogP contribution in [-0.2, 0) is 0 Å². The number of thiocarbonyl (C=S) groups is 1. The van der Waals surface area contributed by atoms with Crippen LogP contribution in [0.4, 0.5) is 5.69 Å². The van der Waals surface area contributed by atoms with E-state index in [1.165, 1.54) is 0 Å². The molecule has 3 N–H and O–H groups in total. The molecule has 1 saturated heterocycles. The molecule has 0 spiro atoms. The molecule has 0 saturated carbocycles. The molecule has 1 atom stereocenters. The van der Waals surface area contributed by atoms with Gasteiger partial charge in [0.25, 0.3) is 0 Å². The molecule has 92 valence electrons. The molecular weight excluding hydrogens is 300 g/mol. The molecule has 0 bridgehead atoms. The van der Waals surface area contributed by atoms with Crippen molar-refractivity contribution in [3.63, 3.8) is 0 Å². The Morgan fingerprint density at radius 2 is 2.35 bits per heavy atom. The van der Waals surface area contributed by atoms with Crippen molar-refractivity contribution in [2.24, 2.45) is 11.7 Å². The van der Waals surface area contributed by atoms with Crippen LogP contribution in [0.2, 0.25) is 0 Å². The first kappa shape index (κ1) is 12.8. The van der Waals surface area contributed by atoms with Crippen molar-refractivity contribution in [1.82, 2.24) is 0 Å². The predicted octanol–water partition coefficient (Wildman–Crippen LogP) is 1.90. The second kappa shape index (κ2) is 5.33. The van der Waals surface area contributed by atoms with Gasteiger partial charge in [-0.1, -0.05) is 12.2 Å². The third kappa shape index (κ3) is 2.78. The summed E-state index contributed by atoms with van der Waals surface area (Å²) in [6.45, 7) is 2.15. The Balaban J connectivity index is 2.20. The minimum absolute atomic E-state index is 0.263. The number of halogens is 1. The van der Waals surface area contributed by atoms with Crippen LogP contribution >= 0.6 is 28.1 Å². The van der Waals surface area contributed by atoms with Crippen molar-refractivity contribution >= 4 is 38.8 Å². The van der Waals surface area contributed by atoms with Crippen molar-refractivity contribution < 1.29 is 5.11 Å². The van der Waals surface area contributed by atoms with Gasteiger partial charge in [-0.3, -0.25) is 0 Å². The lowest BCUT2D eigenvalue weighted by Gasteiger charge is -2.20. The predicted molar refractivity (Wildman–Crippen MR) is 77.4 cm³/mol. The van der Waals surface area contributed by atoms with Crippen molar-refractivity contribution in [2.45, 2.75) is 6.42 Å². The van der Waals surface area contributed by atoms with Gasteiger partial charge in [0.15, 0.2) is 0 Å². The molecule has 1 aromatic carbocycles. The summed E-state index contributed by atoms with van der Waals surface area (Å²) < 4.78 is 1.00. The molecule has 1 aliphatic rings. The molecule has 0 aromatic heterocycles. The molecule has 0 radical (unpaired) electrons. The van der Waals surface area contributed by atoms with Gasteiger partial charge in [0.05, 0.1) is 5.69 Å². The molecule has 0 aliphatic carbocycles. The van der Waals surface area contributed by atoms with E-state index in [2.05, 4.69) is 20.8 Å². The monoisotopic (exact) mass is 314 g/mol. The summed E-state index contributed by atoms with van der Waals surface area (Å²) in [4.78, 5) is 2.68. The number of hydrogen-bond donors (Lipinski definition) is 2. The first-order chi connectivity index (χ1) is 8.11. The lowest BCUT2D eigenvalue weighted by molar-refractivity contribution is 0.238. The summed E-state index contributed by atoms with van der Waals surface area (Å²) in [7, 11) is 0. The number of hydrogen-bond acceptors (Lipinski definition) is 3. The quantitative estimate of drug-likeness (QED) is 0.837. The lowest BCUT2D eigenvalue weighted by Crippen LogP contribution is -2.21. The van der Waals surface area contributed by atoms with Crippen LogP contribution in [0, 0.1) is 5.92 Å². The Morgan fingerprint density at radius 1 is 1.59 bits per heavy atom. The Hall–Kier alpha value is -0.650. The number of rotatable bonds is 3. The van der Waals surface area contributed by atoms with Crippen molar-refractivity contribution in [2.75, 3.05) is 24.6 Å². The average Bonchev–Trinajstić information content (AvgIpc) is 2.77. The van der Waals surface area contributed by atoms with Gasteiger partial charge in [-0.15, -0.1) is 0 Å². The van der Waals surface area contributed by atoms with Crippen LogP contribution in [0.25, 0.3) is 0 Å². The van der Waals surface area contributed by atoms with Crippen LogP contribution in [0.1, 0.15) is 12.0 Å². The maximum absolute atomic E-state index is 9.14. The largest absolute Gasteiger partial charge is 0.396 e. The van der Waals surface area contributed by atoms with Gasteiger partial charge in [-0.25, -0.2) is 0 Å². The highest BCUT2D eigenvalue weighted by atomic mass is 79.9. The maximum Gasteiger partial charge on any atom is 0.104 e. The van der Waals surface area contributed by atoms with Gasteiger partial charge in [0.2, 0.25) is 0 Å². The van der Waals surface area contributed by atoms with Gasteiger partial charge < -0.3 is 15.7 Å². The van der Waals surface area contributed by atoms with E-state index in [0.717, 1.165) is 35.2 Å². The van der Waals surface area contributed by atoms with E-state index in [-0.39, 0.29) is 6.61 Å². The smallest absolute Gasteiger partial charge is 0.104 e. The molecule has 3 nitrogen and oxygen atoms in total. The molecule has 1 fully saturated rings. The first-order valence-corrected chi connectivity index (χ1v) is 6.77. The van der Waals surface area contributed by atoms with E-state index in [4.69, 9.17) is 23.1 Å². The van der Waals surface area contributed by atoms with Crippen molar-refractivity contribution in [3.05, 3.63) is 28.2 Å². The maximum atomic E-state index is 9.14. The zero-order valence-electron chi connectivity index (χ0n) is 9.40. The van der Waals surface area contributed by atoms with Crippen molar-refractivity contribution in [1.29, 1.82) is 0 Å². The van der Waals surface area contributed by atoms with Crippen LogP contribution in [-0.4, -0.2) is 29.8 Å². The number of nitrogens with zero attached hydrogens (tertiary/aromatic N) is 1. The van der Waals surface area contributed by atoms with Crippen LogP contribution in [0.3, 0.4) is 0 Å². The zero-order chi connectivity index (χ0) is 12.4. The summed E-state index contributed by atoms with van der Waals surface area (Å²) in [5.41, 5.74) is 7.60. The van der Waals surface area contributed by atoms with Crippen LogP contribution in [0.5, 0.6) is 0 Å². The van der Waals surface area contributed by atoms with Crippen LogP contribution < -0.4 is 10.6 Å². The number of aliphatic hydroxyl groups is 1. The fourth-order valence-corrected chi connectivity index (χ4v) is 2.87. The number of aliphatic hydroxyl groups excluding tert-OH is 1. The van der Waals surface area contributed by atoms with Crippen molar-refractivity contribution in [3.8, 4) is 0 Å². The van der Waals surface area contributed by atoms with Gasteiger partial charge in [-0.2, -0.15) is 0 Å². The Bertz CT molecular complexity index is 439. The Morgan fingerprint density at radius 3 is 2.88 bits per heavy atom. The molecule has 2 rings (SSSR count). The summed E-state index contributed by atoms with van der Waals surface area (Å²) in [5.74, 6) is 0.386. The fourth-order valence-electron chi connectivity index (χ4n) is 2.12. The molecule has 1 aromatic rings. The summed E-state index contributed by atoms with van der Waals surface area (Å²) in [5, 5.41) is 9.14. The highest BCUT2D eigenvalue weighted by Gasteiger charge is 2.23. The highest BCUT2D eigenvalue weighted by molar-refractivity contribution is 9.10. The van der Waals surface area contributed by atoms with Gasteiger partial charge in [0, 0.05) is 35.7 Å². The number of nitrogens with two attached hydrogens (primary N) is 1. The molecule has 1 heterocycles. The second-order valence-electron chi connectivity index (χ2n) is 4.31. The Labute approximate surface area is 115 Å². The fraction of sp³-hybridized carbons (Fsp3) is 0.417. The number of benzene rings is 1. The van der Waals surface area contributed by atoms with E-state index in [0.29, 0.717) is 10.9 Å². The van der Waals surface area contributed by atoms with Gasteiger partial charge >= 0.3 is 0 Å². The molecular formula is C12H15BrN2OS. The van der Waals surface area contributed by atoms with E-state index in [9.17, 15) is 0 Å². The summed E-state index contributed by atoms with van der Waals surface area (Å²) >= 11 is 8.50. The molecule has 17 heavy (non-hydrogen) atoms. The minimum Gasteiger partial charge on any atom is -0.396 e. The minimum atomic E-state index is 0.263. The zero-order valence-corrected chi connectivity index (χ0v) is 11.8. The van der Waals surface area contributed by atoms with Crippen LogP contribution in [0.15, 0.2) is 22.7 Å². The highest BCUT2D eigenvalue weighted by Crippen LogP contribution is 2.31. The average molecular weight is 315 g/mol. The van der Waals surface area contributed by atoms with E-state index < -0.39 is 0 Å². The van der Waals surface area contributed by atoms with Gasteiger partial charge in [-0.05, 0) is 40.5 Å². The molecule has 0 amide bonds. The van der Waals surface area contributed by atoms with Gasteiger partial charge in [0.1, 0.15) is 4.99 Å². The first-order valence-electron chi connectivity index (χ1n) is 5.57. The SMILES string of the molecule is NC(=S)c1ccc(N2CCC(CO)C2)c(Br)c1. The van der Waals surface area contributed by atoms with E-state index in [1.807, 2.05) is 18.2 Å². The molecule has 5 heteroatoms. The third-order valence-corrected chi connectivity index (χ3v) is 3.99. The Kier molecular flexibility index (Phi) is 4.01. The normalized spacial score (nSPS) is 19.6. The molecule has 1 unspecified atom stereocenters.